The molecule has 1 fully saturated rings. The molecule has 4 nitrogen and oxygen atoms in total. The van der Waals surface area contributed by atoms with Crippen molar-refractivity contribution >= 4 is 5.91 Å². The minimum absolute atomic E-state index is 0.183. The summed E-state index contributed by atoms with van der Waals surface area (Å²) in [5.74, 6) is 1.68. The maximum absolute atomic E-state index is 11.2. The normalized spacial score (nSPS) is 18.2. The molecule has 0 aliphatic carbocycles. The van der Waals surface area contributed by atoms with Crippen molar-refractivity contribution in [2.45, 2.75) is 26.7 Å². The Labute approximate surface area is 110 Å². The Morgan fingerprint density at radius 3 is 2.61 bits per heavy atom. The van der Waals surface area contributed by atoms with E-state index in [9.17, 15) is 4.79 Å². The zero-order valence-electron chi connectivity index (χ0n) is 11.6. The fraction of sp³-hybridized carbons (Fsp3) is 0.643. The smallest absolute Gasteiger partial charge is 0.219 e. The summed E-state index contributed by atoms with van der Waals surface area (Å²) in [5.41, 5.74) is 0. The molecule has 1 amide bonds. The van der Waals surface area contributed by atoms with Gasteiger partial charge in [0.1, 0.15) is 0 Å². The zero-order chi connectivity index (χ0) is 13.4. The standard InChI is InChI=1S/C14H24N2O2/c1-12(5-4-8-15-3)18-11-14-6-9-16(10-7-14)13(2)17/h4-5,8,14-15H,6-7,9-11H2,1-3H3/b8-4+,12-5-. The number of piperidine rings is 1. The minimum atomic E-state index is 0.183. The molecular weight excluding hydrogens is 228 g/mol. The van der Waals surface area contributed by atoms with Crippen LogP contribution in [-0.4, -0.2) is 37.6 Å². The third kappa shape index (κ3) is 5.25. The summed E-state index contributed by atoms with van der Waals surface area (Å²) < 4.78 is 5.70. The third-order valence-electron chi connectivity index (χ3n) is 3.20. The van der Waals surface area contributed by atoms with Crippen molar-refractivity contribution in [1.29, 1.82) is 0 Å². The van der Waals surface area contributed by atoms with E-state index in [-0.39, 0.29) is 5.91 Å². The molecule has 1 heterocycles. The number of nitrogens with zero attached hydrogens (tertiary/aromatic N) is 1. The van der Waals surface area contributed by atoms with Gasteiger partial charge in [-0.2, -0.15) is 0 Å². The van der Waals surface area contributed by atoms with E-state index in [1.54, 1.807) is 6.92 Å². The first-order valence-electron chi connectivity index (χ1n) is 6.52. The summed E-state index contributed by atoms with van der Waals surface area (Å²) in [4.78, 5) is 13.1. The number of likely N-dealkylation sites (tertiary alicyclic amines) is 1. The first kappa shape index (κ1) is 14.6. The number of ether oxygens (including phenoxy) is 1. The molecule has 0 bridgehead atoms. The molecule has 1 rings (SSSR count). The Balaban J connectivity index is 2.23. The minimum Gasteiger partial charge on any atom is -0.498 e. The van der Waals surface area contributed by atoms with Gasteiger partial charge in [0, 0.05) is 27.1 Å². The number of allylic oxidation sites excluding steroid dienone is 3. The first-order chi connectivity index (χ1) is 8.63. The van der Waals surface area contributed by atoms with Crippen molar-refractivity contribution in [1.82, 2.24) is 10.2 Å². The van der Waals surface area contributed by atoms with Crippen LogP contribution in [-0.2, 0) is 9.53 Å². The van der Waals surface area contributed by atoms with E-state index in [0.29, 0.717) is 5.92 Å². The van der Waals surface area contributed by atoms with Gasteiger partial charge >= 0.3 is 0 Å². The van der Waals surface area contributed by atoms with Gasteiger partial charge in [-0.25, -0.2) is 0 Å². The number of amides is 1. The van der Waals surface area contributed by atoms with Crippen molar-refractivity contribution < 1.29 is 9.53 Å². The molecule has 18 heavy (non-hydrogen) atoms. The van der Waals surface area contributed by atoms with E-state index in [2.05, 4.69) is 5.32 Å². The van der Waals surface area contributed by atoms with Gasteiger partial charge in [0.25, 0.3) is 0 Å². The van der Waals surface area contributed by atoms with Crippen molar-refractivity contribution in [3.63, 3.8) is 0 Å². The molecule has 0 spiro atoms. The lowest BCUT2D eigenvalue weighted by molar-refractivity contribution is -0.130. The highest BCUT2D eigenvalue weighted by Crippen LogP contribution is 2.18. The highest BCUT2D eigenvalue weighted by Gasteiger charge is 2.20. The molecule has 0 saturated carbocycles. The van der Waals surface area contributed by atoms with Crippen LogP contribution in [0.4, 0.5) is 0 Å². The number of rotatable bonds is 5. The Bertz CT molecular complexity index is 316. The van der Waals surface area contributed by atoms with Crippen LogP contribution in [0.2, 0.25) is 0 Å². The van der Waals surface area contributed by atoms with Gasteiger partial charge in [0.15, 0.2) is 0 Å². The second kappa shape index (κ2) is 7.80. The largest absolute Gasteiger partial charge is 0.498 e. The van der Waals surface area contributed by atoms with Gasteiger partial charge in [0.05, 0.1) is 12.4 Å². The quantitative estimate of drug-likeness (QED) is 0.600. The Kier molecular flexibility index (Phi) is 6.33. The van der Waals surface area contributed by atoms with E-state index in [4.69, 9.17) is 4.74 Å². The number of carbonyl (C=O) groups is 1. The molecule has 102 valence electrons. The predicted octanol–water partition coefficient (Wildman–Crippen LogP) is 1.90. The van der Waals surface area contributed by atoms with Crippen LogP contribution in [0.15, 0.2) is 24.1 Å². The van der Waals surface area contributed by atoms with E-state index in [0.717, 1.165) is 38.3 Å². The van der Waals surface area contributed by atoms with Gasteiger partial charge in [-0.15, -0.1) is 0 Å². The van der Waals surface area contributed by atoms with Crippen LogP contribution in [0, 0.1) is 5.92 Å². The molecule has 0 aromatic rings. The third-order valence-corrected chi connectivity index (χ3v) is 3.20. The molecule has 0 aromatic carbocycles. The van der Waals surface area contributed by atoms with Gasteiger partial charge in [-0.05, 0) is 44.0 Å². The molecule has 1 N–H and O–H groups in total. The lowest BCUT2D eigenvalue weighted by Gasteiger charge is -2.31. The maximum Gasteiger partial charge on any atom is 0.219 e. The Hall–Kier alpha value is -1.45. The van der Waals surface area contributed by atoms with E-state index in [1.165, 1.54) is 0 Å². The zero-order valence-corrected chi connectivity index (χ0v) is 11.6. The average Bonchev–Trinajstić information content (AvgIpc) is 2.37. The molecular formula is C14H24N2O2. The van der Waals surface area contributed by atoms with E-state index >= 15 is 0 Å². The first-order valence-corrected chi connectivity index (χ1v) is 6.52. The molecule has 1 aliphatic heterocycles. The molecule has 1 aliphatic rings. The van der Waals surface area contributed by atoms with Crippen molar-refractivity contribution in [2.75, 3.05) is 26.7 Å². The molecule has 0 atom stereocenters. The molecule has 0 unspecified atom stereocenters. The summed E-state index contributed by atoms with van der Waals surface area (Å²) in [7, 11) is 1.86. The van der Waals surface area contributed by atoms with Crippen LogP contribution in [0.3, 0.4) is 0 Å². The number of nitrogens with one attached hydrogen (secondary N) is 1. The van der Waals surface area contributed by atoms with Crippen molar-refractivity contribution in [2.24, 2.45) is 5.92 Å². The Morgan fingerprint density at radius 1 is 1.39 bits per heavy atom. The number of hydrogen-bond acceptors (Lipinski definition) is 3. The van der Waals surface area contributed by atoms with Crippen LogP contribution < -0.4 is 5.32 Å². The second-order valence-corrected chi connectivity index (χ2v) is 4.69. The summed E-state index contributed by atoms with van der Waals surface area (Å²) in [6.45, 7) is 6.08. The van der Waals surface area contributed by atoms with E-state index < -0.39 is 0 Å². The lowest BCUT2D eigenvalue weighted by Crippen LogP contribution is -2.38. The van der Waals surface area contributed by atoms with Crippen LogP contribution in [0.25, 0.3) is 0 Å². The Morgan fingerprint density at radius 2 is 2.06 bits per heavy atom. The fourth-order valence-electron chi connectivity index (χ4n) is 1.99. The number of hydrogen-bond donors (Lipinski definition) is 1. The number of carbonyl (C=O) groups excluding carboxylic acids is 1. The molecule has 0 radical (unpaired) electrons. The monoisotopic (exact) mass is 252 g/mol. The van der Waals surface area contributed by atoms with Crippen molar-refractivity contribution in [3.8, 4) is 0 Å². The molecule has 4 heteroatoms. The van der Waals surface area contributed by atoms with Gasteiger partial charge < -0.3 is 15.0 Å². The van der Waals surface area contributed by atoms with E-state index in [1.807, 2.05) is 37.2 Å². The average molecular weight is 252 g/mol. The highest BCUT2D eigenvalue weighted by atomic mass is 16.5. The van der Waals surface area contributed by atoms with Gasteiger partial charge in [-0.3, -0.25) is 4.79 Å². The second-order valence-electron chi connectivity index (χ2n) is 4.69. The lowest BCUT2D eigenvalue weighted by atomic mass is 9.98. The van der Waals surface area contributed by atoms with Crippen LogP contribution in [0.1, 0.15) is 26.7 Å². The van der Waals surface area contributed by atoms with Crippen molar-refractivity contribution in [3.05, 3.63) is 24.1 Å². The summed E-state index contributed by atoms with van der Waals surface area (Å²) in [6.07, 6.45) is 7.81. The summed E-state index contributed by atoms with van der Waals surface area (Å²) in [5, 5.41) is 2.93. The van der Waals surface area contributed by atoms with Gasteiger partial charge in [0.2, 0.25) is 5.91 Å². The summed E-state index contributed by atoms with van der Waals surface area (Å²) >= 11 is 0. The topological polar surface area (TPSA) is 41.6 Å². The molecule has 1 saturated heterocycles. The van der Waals surface area contributed by atoms with Gasteiger partial charge in [-0.1, -0.05) is 0 Å². The summed E-state index contributed by atoms with van der Waals surface area (Å²) in [6, 6.07) is 0. The SMILES string of the molecule is CN/C=C/C=C(/C)OCC1CCN(C(C)=O)CC1. The highest BCUT2D eigenvalue weighted by molar-refractivity contribution is 5.73. The maximum atomic E-state index is 11.2. The molecule has 0 aromatic heterocycles. The van der Waals surface area contributed by atoms with Crippen LogP contribution in [0.5, 0.6) is 0 Å². The van der Waals surface area contributed by atoms with Crippen LogP contribution >= 0.6 is 0 Å². The predicted molar refractivity (Wildman–Crippen MR) is 72.9 cm³/mol. The fourth-order valence-corrected chi connectivity index (χ4v) is 1.99.